The van der Waals surface area contributed by atoms with Crippen molar-refractivity contribution in [3.05, 3.63) is 30.1 Å². The fourth-order valence-electron chi connectivity index (χ4n) is 2.24. The van der Waals surface area contributed by atoms with Crippen LogP contribution < -0.4 is 0 Å². The minimum absolute atomic E-state index is 0.0449. The molecule has 1 N–H and O–H groups in total. The van der Waals surface area contributed by atoms with Crippen molar-refractivity contribution in [2.45, 2.75) is 13.0 Å². The number of urea groups is 1. The van der Waals surface area contributed by atoms with Crippen LogP contribution in [-0.2, 0) is 4.79 Å². The third-order valence-electron chi connectivity index (χ3n) is 3.44. The Bertz CT molecular complexity index is 477. The first kappa shape index (κ1) is 13.3. The van der Waals surface area contributed by atoms with Crippen LogP contribution in [0.1, 0.15) is 18.5 Å². The molecule has 0 radical (unpaired) electrons. The van der Waals surface area contributed by atoms with E-state index >= 15 is 0 Å². The van der Waals surface area contributed by atoms with Crippen LogP contribution >= 0.6 is 0 Å². The Morgan fingerprint density at radius 3 is 2.74 bits per heavy atom. The summed E-state index contributed by atoms with van der Waals surface area (Å²) in [6, 6.07) is 3.57. The predicted molar refractivity (Wildman–Crippen MR) is 68.5 cm³/mol. The molecule has 0 aromatic carbocycles. The number of amides is 2. The molecule has 2 heterocycles. The summed E-state index contributed by atoms with van der Waals surface area (Å²) in [5.74, 6) is -1.45. The van der Waals surface area contributed by atoms with E-state index in [9.17, 15) is 9.59 Å². The van der Waals surface area contributed by atoms with Crippen molar-refractivity contribution in [3.63, 3.8) is 0 Å². The molecule has 0 spiro atoms. The number of carbonyl (C=O) groups is 2. The highest BCUT2D eigenvalue weighted by atomic mass is 16.4. The van der Waals surface area contributed by atoms with Crippen LogP contribution in [0.25, 0.3) is 0 Å². The Kier molecular flexibility index (Phi) is 3.69. The molecule has 2 unspecified atom stereocenters. The summed E-state index contributed by atoms with van der Waals surface area (Å²) in [4.78, 5) is 30.1. The number of hydrogen-bond acceptors (Lipinski definition) is 3. The number of nitrogens with zero attached hydrogens (tertiary/aromatic N) is 3. The lowest BCUT2D eigenvalue weighted by Gasteiger charge is -2.18. The third-order valence-corrected chi connectivity index (χ3v) is 3.44. The maximum Gasteiger partial charge on any atom is 0.320 e. The molecule has 2 rings (SSSR count). The lowest BCUT2D eigenvalue weighted by atomic mass is 10.1. The van der Waals surface area contributed by atoms with Gasteiger partial charge in [0.05, 0.1) is 12.0 Å². The van der Waals surface area contributed by atoms with Gasteiger partial charge in [0.15, 0.2) is 0 Å². The SMILES string of the molecule is CC(CN1CC(c2ccncc2)N(C)C1=O)C(=O)O. The highest BCUT2D eigenvalue weighted by Crippen LogP contribution is 2.28. The van der Waals surface area contributed by atoms with Crippen molar-refractivity contribution in [2.24, 2.45) is 5.92 Å². The van der Waals surface area contributed by atoms with Gasteiger partial charge in [-0.3, -0.25) is 9.78 Å². The molecular weight excluding hydrogens is 246 g/mol. The zero-order chi connectivity index (χ0) is 14.0. The zero-order valence-corrected chi connectivity index (χ0v) is 11.0. The van der Waals surface area contributed by atoms with Crippen LogP contribution in [0.2, 0.25) is 0 Å². The fourth-order valence-corrected chi connectivity index (χ4v) is 2.24. The van der Waals surface area contributed by atoms with E-state index in [0.717, 1.165) is 5.56 Å². The standard InChI is InChI=1S/C13H17N3O3/c1-9(12(17)18)7-16-8-11(15(2)13(16)19)10-3-5-14-6-4-10/h3-6,9,11H,7-8H2,1-2H3,(H,17,18). The minimum Gasteiger partial charge on any atom is -0.481 e. The van der Waals surface area contributed by atoms with Gasteiger partial charge in [0.25, 0.3) is 0 Å². The Hall–Kier alpha value is -2.11. The van der Waals surface area contributed by atoms with E-state index in [0.29, 0.717) is 6.54 Å². The molecule has 2 amide bonds. The summed E-state index contributed by atoms with van der Waals surface area (Å²) in [5, 5.41) is 8.92. The zero-order valence-electron chi connectivity index (χ0n) is 11.0. The normalized spacial score (nSPS) is 20.7. The molecule has 0 bridgehead atoms. The second kappa shape index (κ2) is 5.26. The first-order chi connectivity index (χ1) is 9.00. The van der Waals surface area contributed by atoms with Gasteiger partial charge >= 0.3 is 12.0 Å². The molecule has 2 atom stereocenters. The van der Waals surface area contributed by atoms with Gasteiger partial charge in [0, 0.05) is 32.5 Å². The van der Waals surface area contributed by atoms with Gasteiger partial charge in [-0.05, 0) is 17.7 Å². The van der Waals surface area contributed by atoms with Crippen LogP contribution in [0.4, 0.5) is 4.79 Å². The lowest BCUT2D eigenvalue weighted by molar-refractivity contribution is -0.141. The largest absolute Gasteiger partial charge is 0.481 e. The lowest BCUT2D eigenvalue weighted by Crippen LogP contribution is -2.35. The number of aromatic nitrogens is 1. The van der Waals surface area contributed by atoms with E-state index in [-0.39, 0.29) is 18.6 Å². The Morgan fingerprint density at radius 1 is 1.53 bits per heavy atom. The van der Waals surface area contributed by atoms with E-state index < -0.39 is 11.9 Å². The first-order valence-corrected chi connectivity index (χ1v) is 6.15. The molecule has 1 fully saturated rings. The molecule has 6 heteroatoms. The number of rotatable bonds is 4. The summed E-state index contributed by atoms with van der Waals surface area (Å²) in [7, 11) is 1.73. The average molecular weight is 263 g/mol. The van der Waals surface area contributed by atoms with Gasteiger partial charge in [-0.15, -0.1) is 0 Å². The molecule has 102 valence electrons. The minimum atomic E-state index is -0.886. The Morgan fingerprint density at radius 2 is 2.16 bits per heavy atom. The Balaban J connectivity index is 2.11. The summed E-state index contributed by atoms with van der Waals surface area (Å²) >= 11 is 0. The Labute approximate surface area is 111 Å². The van der Waals surface area contributed by atoms with Crippen molar-refractivity contribution in [2.75, 3.05) is 20.1 Å². The quantitative estimate of drug-likeness (QED) is 0.886. The number of pyridine rings is 1. The summed E-state index contributed by atoms with van der Waals surface area (Å²) in [6.07, 6.45) is 3.38. The van der Waals surface area contributed by atoms with Crippen LogP contribution in [-0.4, -0.2) is 52.0 Å². The molecule has 19 heavy (non-hydrogen) atoms. The fraction of sp³-hybridized carbons (Fsp3) is 0.462. The van der Waals surface area contributed by atoms with E-state index in [4.69, 9.17) is 5.11 Å². The van der Waals surface area contributed by atoms with Gasteiger partial charge in [-0.1, -0.05) is 6.92 Å². The molecule has 0 aliphatic carbocycles. The van der Waals surface area contributed by atoms with Crippen molar-refractivity contribution < 1.29 is 14.7 Å². The molecular formula is C13H17N3O3. The molecule has 6 nitrogen and oxygen atoms in total. The molecule has 1 aromatic rings. The molecule has 1 aliphatic rings. The smallest absolute Gasteiger partial charge is 0.320 e. The maximum atomic E-state index is 12.1. The van der Waals surface area contributed by atoms with Crippen molar-refractivity contribution in [1.82, 2.24) is 14.8 Å². The molecule has 1 aromatic heterocycles. The number of aliphatic carboxylic acids is 1. The van der Waals surface area contributed by atoms with E-state index in [1.165, 1.54) is 0 Å². The second-order valence-corrected chi connectivity index (χ2v) is 4.83. The van der Waals surface area contributed by atoms with E-state index in [1.54, 1.807) is 36.2 Å². The van der Waals surface area contributed by atoms with Gasteiger partial charge in [-0.25, -0.2) is 4.79 Å². The van der Waals surface area contributed by atoms with Crippen molar-refractivity contribution in [3.8, 4) is 0 Å². The van der Waals surface area contributed by atoms with Crippen LogP contribution in [0, 0.1) is 5.92 Å². The first-order valence-electron chi connectivity index (χ1n) is 6.15. The van der Waals surface area contributed by atoms with Crippen LogP contribution in [0.15, 0.2) is 24.5 Å². The number of carboxylic acid groups (broad SMARTS) is 1. The van der Waals surface area contributed by atoms with Crippen LogP contribution in [0.3, 0.4) is 0 Å². The average Bonchev–Trinajstić information content (AvgIpc) is 2.68. The topological polar surface area (TPSA) is 73.7 Å². The summed E-state index contributed by atoms with van der Waals surface area (Å²) < 4.78 is 0. The number of likely N-dealkylation sites (N-methyl/N-ethyl adjacent to an activating group) is 1. The van der Waals surface area contributed by atoms with E-state index in [1.807, 2.05) is 12.1 Å². The summed E-state index contributed by atoms with van der Waals surface area (Å²) in [6.45, 7) is 2.35. The van der Waals surface area contributed by atoms with E-state index in [2.05, 4.69) is 4.98 Å². The van der Waals surface area contributed by atoms with Crippen molar-refractivity contribution >= 4 is 12.0 Å². The highest BCUT2D eigenvalue weighted by Gasteiger charge is 2.36. The summed E-state index contributed by atoms with van der Waals surface area (Å²) in [5.41, 5.74) is 1.01. The maximum absolute atomic E-state index is 12.1. The third kappa shape index (κ3) is 2.67. The molecule has 1 saturated heterocycles. The number of hydrogen-bond donors (Lipinski definition) is 1. The van der Waals surface area contributed by atoms with Crippen LogP contribution in [0.5, 0.6) is 0 Å². The number of carbonyl (C=O) groups excluding carboxylic acids is 1. The predicted octanol–water partition coefficient (Wildman–Crippen LogP) is 1.21. The second-order valence-electron chi connectivity index (χ2n) is 4.83. The molecule has 1 aliphatic heterocycles. The molecule has 0 saturated carbocycles. The van der Waals surface area contributed by atoms with Crippen molar-refractivity contribution in [1.29, 1.82) is 0 Å². The van der Waals surface area contributed by atoms with Gasteiger partial charge in [0.1, 0.15) is 0 Å². The van der Waals surface area contributed by atoms with Gasteiger partial charge < -0.3 is 14.9 Å². The van der Waals surface area contributed by atoms with Gasteiger partial charge in [-0.2, -0.15) is 0 Å². The highest BCUT2D eigenvalue weighted by molar-refractivity contribution is 5.78. The number of carboxylic acids is 1. The monoisotopic (exact) mass is 263 g/mol. The van der Waals surface area contributed by atoms with Gasteiger partial charge in [0.2, 0.25) is 0 Å².